The number of carbonyl (C=O) groups excluding carboxylic acids is 1. The number of pyridine rings is 2. The zero-order valence-electron chi connectivity index (χ0n) is 23.6. The topological polar surface area (TPSA) is 124 Å². The lowest BCUT2D eigenvalue weighted by Gasteiger charge is -2.34. The summed E-state index contributed by atoms with van der Waals surface area (Å²) in [5.41, 5.74) is 1.55. The molecule has 0 radical (unpaired) electrons. The Kier molecular flexibility index (Phi) is 8.17. The Morgan fingerprint density at radius 1 is 1.07 bits per heavy atom. The average Bonchev–Trinajstić information content (AvgIpc) is 3.44. The molecule has 2 aliphatic rings. The highest BCUT2D eigenvalue weighted by molar-refractivity contribution is 5.76. The van der Waals surface area contributed by atoms with Crippen LogP contribution < -0.4 is 15.8 Å². The Balaban J connectivity index is 1.26. The van der Waals surface area contributed by atoms with Gasteiger partial charge in [0.1, 0.15) is 17.1 Å². The fraction of sp³-hybridized carbons (Fsp3) is 0.536. The van der Waals surface area contributed by atoms with E-state index in [1.807, 2.05) is 22.8 Å². The van der Waals surface area contributed by atoms with Gasteiger partial charge in [-0.1, -0.05) is 12.8 Å². The molecule has 1 saturated heterocycles. The van der Waals surface area contributed by atoms with Crippen LogP contribution in [0.1, 0.15) is 58.1 Å². The quantitative estimate of drug-likeness (QED) is 0.425. The molecule has 0 spiro atoms. The molecule has 0 unspecified atom stereocenters. The summed E-state index contributed by atoms with van der Waals surface area (Å²) in [4.78, 5) is 46.5. The number of nitrogens with one attached hydrogen (secondary N) is 1. The van der Waals surface area contributed by atoms with Gasteiger partial charge in [0, 0.05) is 43.4 Å². The molecule has 2 fully saturated rings. The van der Waals surface area contributed by atoms with Crippen molar-refractivity contribution in [3.63, 3.8) is 0 Å². The zero-order valence-corrected chi connectivity index (χ0v) is 23.6. The Hall–Kier alpha value is -3.77. The fourth-order valence-electron chi connectivity index (χ4n) is 5.17. The van der Waals surface area contributed by atoms with E-state index >= 15 is 0 Å². The zero-order chi connectivity index (χ0) is 28.3. The summed E-state index contributed by atoms with van der Waals surface area (Å²) in [7, 11) is 1.59. The van der Waals surface area contributed by atoms with Crippen LogP contribution in [-0.2, 0) is 20.9 Å². The predicted octanol–water partition coefficient (Wildman–Crippen LogP) is 4.18. The molecule has 1 aliphatic carbocycles. The molecule has 1 aliphatic heterocycles. The smallest absolute Gasteiger partial charge is 0.427 e. The largest absolute Gasteiger partial charge is 0.528 e. The number of hydroxylamine groups is 2. The first-order valence-electron chi connectivity index (χ1n) is 13.7. The minimum Gasteiger partial charge on any atom is -0.427 e. The number of anilines is 3. The van der Waals surface area contributed by atoms with Gasteiger partial charge in [0.05, 0.1) is 31.6 Å². The SMILES string of the molecule is COCc1cc2cnc(Nc3ccc(N4CCN(OC(=O)OC(C)(C)C)CC4)cn3)nc2n(C2CCCC2)c1=O. The van der Waals surface area contributed by atoms with Gasteiger partial charge < -0.3 is 24.5 Å². The van der Waals surface area contributed by atoms with Crippen molar-refractivity contribution in [1.29, 1.82) is 0 Å². The number of carbonyl (C=O) groups is 1. The van der Waals surface area contributed by atoms with Crippen molar-refractivity contribution in [2.24, 2.45) is 0 Å². The molecule has 0 aromatic carbocycles. The summed E-state index contributed by atoms with van der Waals surface area (Å²) >= 11 is 0. The fourth-order valence-corrected chi connectivity index (χ4v) is 5.17. The summed E-state index contributed by atoms with van der Waals surface area (Å²) in [6.45, 7) is 8.12. The lowest BCUT2D eigenvalue weighted by atomic mass is 10.2. The van der Waals surface area contributed by atoms with Crippen LogP contribution in [0, 0.1) is 0 Å². The number of methoxy groups -OCH3 is 1. The maximum absolute atomic E-state index is 13.3. The van der Waals surface area contributed by atoms with Gasteiger partial charge in [-0.25, -0.2) is 14.8 Å². The van der Waals surface area contributed by atoms with E-state index in [0.717, 1.165) is 36.8 Å². The average molecular weight is 552 g/mol. The molecule has 0 bridgehead atoms. The molecule has 0 atom stereocenters. The lowest BCUT2D eigenvalue weighted by Crippen LogP contribution is -2.47. The molecule has 12 nitrogen and oxygen atoms in total. The van der Waals surface area contributed by atoms with Crippen molar-refractivity contribution in [2.75, 3.05) is 43.5 Å². The van der Waals surface area contributed by atoms with Gasteiger partial charge in [-0.15, -0.1) is 5.06 Å². The van der Waals surface area contributed by atoms with Crippen LogP contribution in [0.4, 0.5) is 22.2 Å². The van der Waals surface area contributed by atoms with Gasteiger partial charge in [-0.05, 0) is 51.8 Å². The molecule has 12 heteroatoms. The highest BCUT2D eigenvalue weighted by Gasteiger charge is 2.25. The molecule has 3 aromatic heterocycles. The van der Waals surface area contributed by atoms with Crippen LogP contribution in [0.5, 0.6) is 0 Å². The second kappa shape index (κ2) is 11.8. The van der Waals surface area contributed by atoms with Crippen LogP contribution in [0.25, 0.3) is 11.0 Å². The molecule has 0 amide bonds. The number of hydrogen-bond donors (Lipinski definition) is 1. The van der Waals surface area contributed by atoms with Crippen molar-refractivity contribution in [2.45, 2.75) is 64.7 Å². The maximum atomic E-state index is 13.3. The molecule has 3 aromatic rings. The number of ether oxygens (including phenoxy) is 2. The van der Waals surface area contributed by atoms with Crippen LogP contribution in [-0.4, -0.2) is 69.6 Å². The van der Waals surface area contributed by atoms with E-state index in [4.69, 9.17) is 19.3 Å². The van der Waals surface area contributed by atoms with Gasteiger partial charge in [-0.3, -0.25) is 9.36 Å². The summed E-state index contributed by atoms with van der Waals surface area (Å²) in [6.07, 6.45) is 6.97. The number of piperazine rings is 1. The second-order valence-electron chi connectivity index (χ2n) is 11.2. The molecule has 214 valence electrons. The number of nitrogens with zero attached hydrogens (tertiary/aromatic N) is 6. The van der Waals surface area contributed by atoms with Gasteiger partial charge in [-0.2, -0.15) is 4.98 Å². The van der Waals surface area contributed by atoms with E-state index in [0.29, 0.717) is 49.2 Å². The summed E-state index contributed by atoms with van der Waals surface area (Å²) in [6, 6.07) is 5.80. The predicted molar refractivity (Wildman–Crippen MR) is 151 cm³/mol. The van der Waals surface area contributed by atoms with Crippen molar-refractivity contribution in [1.82, 2.24) is 24.6 Å². The number of aromatic nitrogens is 4. The van der Waals surface area contributed by atoms with Crippen molar-refractivity contribution >= 4 is 34.6 Å². The molecular formula is C28H37N7O5. The van der Waals surface area contributed by atoms with Gasteiger partial charge in [0.2, 0.25) is 5.95 Å². The third-order valence-electron chi connectivity index (χ3n) is 7.02. The third kappa shape index (κ3) is 6.50. The van der Waals surface area contributed by atoms with Gasteiger partial charge in [0.25, 0.3) is 5.56 Å². The van der Waals surface area contributed by atoms with Crippen LogP contribution in [0.15, 0.2) is 35.4 Å². The highest BCUT2D eigenvalue weighted by atomic mass is 16.8. The van der Waals surface area contributed by atoms with E-state index in [2.05, 4.69) is 20.2 Å². The molecule has 5 rings (SSSR count). The molecular weight excluding hydrogens is 514 g/mol. The summed E-state index contributed by atoms with van der Waals surface area (Å²) in [5, 5.41) is 5.61. The molecule has 4 heterocycles. The summed E-state index contributed by atoms with van der Waals surface area (Å²) in [5.74, 6) is 0.979. The van der Waals surface area contributed by atoms with E-state index in [1.54, 1.807) is 45.3 Å². The van der Waals surface area contributed by atoms with E-state index in [9.17, 15) is 9.59 Å². The van der Waals surface area contributed by atoms with E-state index in [-0.39, 0.29) is 18.2 Å². The lowest BCUT2D eigenvalue weighted by molar-refractivity contribution is -0.144. The molecule has 40 heavy (non-hydrogen) atoms. The Labute approximate surface area is 233 Å². The van der Waals surface area contributed by atoms with Crippen LogP contribution >= 0.6 is 0 Å². The number of rotatable bonds is 7. The first-order valence-corrected chi connectivity index (χ1v) is 13.7. The normalized spacial score (nSPS) is 16.9. The first-order chi connectivity index (χ1) is 19.2. The minimum absolute atomic E-state index is 0.0510. The Morgan fingerprint density at radius 3 is 2.48 bits per heavy atom. The van der Waals surface area contributed by atoms with Crippen molar-refractivity contribution < 1.29 is 19.1 Å². The van der Waals surface area contributed by atoms with E-state index < -0.39 is 11.8 Å². The molecule has 1 saturated carbocycles. The third-order valence-corrected chi connectivity index (χ3v) is 7.02. The highest BCUT2D eigenvalue weighted by Crippen LogP contribution is 2.31. The molecule has 1 N–H and O–H groups in total. The monoisotopic (exact) mass is 551 g/mol. The summed E-state index contributed by atoms with van der Waals surface area (Å²) < 4.78 is 12.3. The number of hydrogen-bond acceptors (Lipinski definition) is 11. The Bertz CT molecular complexity index is 1390. The van der Waals surface area contributed by atoms with Gasteiger partial charge in [0.15, 0.2) is 0 Å². The Morgan fingerprint density at radius 2 is 1.82 bits per heavy atom. The minimum atomic E-state index is -0.690. The number of fused-ring (bicyclic) bond motifs is 1. The first kappa shape index (κ1) is 27.8. The van der Waals surface area contributed by atoms with Crippen LogP contribution in [0.2, 0.25) is 0 Å². The van der Waals surface area contributed by atoms with Crippen molar-refractivity contribution in [3.05, 3.63) is 46.5 Å². The second-order valence-corrected chi connectivity index (χ2v) is 11.2. The maximum Gasteiger partial charge on any atom is 0.528 e. The van der Waals surface area contributed by atoms with Crippen LogP contribution in [0.3, 0.4) is 0 Å². The van der Waals surface area contributed by atoms with E-state index in [1.165, 1.54) is 0 Å². The van der Waals surface area contributed by atoms with Crippen molar-refractivity contribution in [3.8, 4) is 0 Å². The van der Waals surface area contributed by atoms with Gasteiger partial charge >= 0.3 is 6.16 Å². The standard InChI is InChI=1S/C28H37N7O5/c1-28(2,3)39-27(37)40-34-13-11-33(12-14-34)22-9-10-23(29-17-22)31-26-30-16-19-15-20(18-38-4)25(36)35(24(19)32-26)21-7-5-6-8-21/h9-10,15-17,21H,5-8,11-14,18H2,1-4H3,(H,29,30,31,32).